The first-order valence-electron chi connectivity index (χ1n) is 10.7. The Morgan fingerprint density at radius 2 is 2.16 bits per heavy atom. The number of halogens is 1. The van der Waals surface area contributed by atoms with Crippen LogP contribution in [0.25, 0.3) is 0 Å². The van der Waals surface area contributed by atoms with E-state index in [1.54, 1.807) is 19.3 Å². The van der Waals surface area contributed by atoms with Crippen LogP contribution in [-0.4, -0.2) is 43.0 Å². The molecule has 1 aliphatic heterocycles. The lowest BCUT2D eigenvalue weighted by Crippen LogP contribution is -2.44. The lowest BCUT2D eigenvalue weighted by molar-refractivity contribution is -0.116. The minimum atomic E-state index is -0.300. The molecule has 1 aromatic carbocycles. The minimum absolute atomic E-state index is 0.0210. The van der Waals surface area contributed by atoms with Crippen molar-refractivity contribution in [3.05, 3.63) is 54.0 Å². The molecule has 0 aliphatic carbocycles. The van der Waals surface area contributed by atoms with Crippen LogP contribution in [0.3, 0.4) is 0 Å². The fourth-order valence-corrected chi connectivity index (χ4v) is 3.60. The van der Waals surface area contributed by atoms with Crippen molar-refractivity contribution in [3.63, 3.8) is 0 Å². The smallest absolute Gasteiger partial charge is 0.224 e. The van der Waals surface area contributed by atoms with Gasteiger partial charge in [0.1, 0.15) is 0 Å². The minimum Gasteiger partial charge on any atom is -0.352 e. The number of nitrogens with one attached hydrogen (secondary N) is 3. The first-order valence-corrected chi connectivity index (χ1v) is 10.7. The van der Waals surface area contributed by atoms with E-state index in [0.29, 0.717) is 37.2 Å². The predicted octanol–water partition coefficient (Wildman–Crippen LogP) is 3.15. The monoisotopic (exact) mass is 426 g/mol. The molecule has 2 aromatic rings. The molecule has 7 nitrogen and oxygen atoms in total. The van der Waals surface area contributed by atoms with Gasteiger partial charge in [0.2, 0.25) is 5.91 Å². The highest BCUT2D eigenvalue weighted by Gasteiger charge is 2.25. The van der Waals surface area contributed by atoms with Crippen LogP contribution in [-0.2, 0) is 11.3 Å². The Balaban J connectivity index is 1.50. The summed E-state index contributed by atoms with van der Waals surface area (Å²) in [5.41, 5.74) is 1.82. The summed E-state index contributed by atoms with van der Waals surface area (Å²) < 4.78 is 14.0. The summed E-state index contributed by atoms with van der Waals surface area (Å²) in [5.74, 6) is 1.12. The maximum absolute atomic E-state index is 14.0. The molecule has 1 aromatic heterocycles. The van der Waals surface area contributed by atoms with Gasteiger partial charge in [0, 0.05) is 51.0 Å². The zero-order valence-corrected chi connectivity index (χ0v) is 18.4. The van der Waals surface area contributed by atoms with Crippen LogP contribution in [0.5, 0.6) is 0 Å². The highest BCUT2D eigenvalue weighted by Crippen LogP contribution is 2.20. The largest absolute Gasteiger partial charge is 0.352 e. The van der Waals surface area contributed by atoms with E-state index in [2.05, 4.69) is 25.9 Å². The number of hydrogen-bond donors (Lipinski definition) is 3. The summed E-state index contributed by atoms with van der Waals surface area (Å²) in [6.45, 7) is 6.01. The summed E-state index contributed by atoms with van der Waals surface area (Å²) in [6, 6.07) is 10.9. The normalized spacial score (nSPS) is 16.5. The van der Waals surface area contributed by atoms with E-state index < -0.39 is 0 Å². The Bertz CT molecular complexity index is 916. The highest BCUT2D eigenvalue weighted by molar-refractivity contribution is 5.90. The fraction of sp³-hybridized carbons (Fsp3) is 0.435. The molecule has 1 unspecified atom stereocenters. The van der Waals surface area contributed by atoms with Gasteiger partial charge in [-0.3, -0.25) is 9.79 Å². The van der Waals surface area contributed by atoms with Gasteiger partial charge in [0.25, 0.3) is 0 Å². The highest BCUT2D eigenvalue weighted by atomic mass is 19.1. The molecule has 0 bridgehead atoms. The van der Waals surface area contributed by atoms with Gasteiger partial charge in [0.05, 0.1) is 0 Å². The molecule has 1 atom stereocenters. The van der Waals surface area contributed by atoms with Gasteiger partial charge >= 0.3 is 0 Å². The summed E-state index contributed by atoms with van der Waals surface area (Å²) in [4.78, 5) is 22.4. The van der Waals surface area contributed by atoms with Crippen molar-refractivity contribution in [1.29, 1.82) is 0 Å². The van der Waals surface area contributed by atoms with E-state index in [9.17, 15) is 9.18 Å². The van der Waals surface area contributed by atoms with E-state index in [-0.39, 0.29) is 17.8 Å². The average Bonchev–Trinajstić information content (AvgIpc) is 3.19. The molecule has 1 fully saturated rings. The van der Waals surface area contributed by atoms with Gasteiger partial charge in [0.15, 0.2) is 17.6 Å². The lowest BCUT2D eigenvalue weighted by Gasteiger charge is -2.20. The molecular formula is C23H31FN6O. The third-order valence-electron chi connectivity index (χ3n) is 5.06. The molecular weight excluding hydrogens is 395 g/mol. The van der Waals surface area contributed by atoms with Gasteiger partial charge in [-0.2, -0.15) is 0 Å². The number of aromatic nitrogens is 1. The Labute approximate surface area is 183 Å². The second-order valence-electron chi connectivity index (χ2n) is 8.16. The third-order valence-corrected chi connectivity index (χ3v) is 5.06. The van der Waals surface area contributed by atoms with Crippen LogP contribution in [0.4, 0.5) is 15.9 Å². The number of rotatable bonds is 7. The second kappa shape index (κ2) is 10.7. The Hall–Kier alpha value is -3.16. The van der Waals surface area contributed by atoms with Gasteiger partial charge in [-0.1, -0.05) is 26.0 Å². The number of carbonyl (C=O) groups is 1. The van der Waals surface area contributed by atoms with E-state index in [0.717, 1.165) is 24.2 Å². The molecule has 0 radical (unpaired) electrons. The summed E-state index contributed by atoms with van der Waals surface area (Å²) >= 11 is 0. The van der Waals surface area contributed by atoms with Gasteiger partial charge < -0.3 is 20.9 Å². The van der Waals surface area contributed by atoms with Gasteiger partial charge in [-0.05, 0) is 42.2 Å². The maximum Gasteiger partial charge on any atom is 0.224 e. The molecule has 2 heterocycles. The molecule has 1 saturated heterocycles. The zero-order valence-electron chi connectivity index (χ0n) is 18.4. The fourth-order valence-electron chi connectivity index (χ4n) is 3.60. The van der Waals surface area contributed by atoms with E-state index >= 15 is 0 Å². The number of carbonyl (C=O) groups excluding carboxylic acids is 1. The first-order chi connectivity index (χ1) is 14.9. The topological polar surface area (TPSA) is 81.6 Å². The van der Waals surface area contributed by atoms with Crippen molar-refractivity contribution in [2.45, 2.75) is 39.3 Å². The molecule has 0 spiro atoms. The summed E-state index contributed by atoms with van der Waals surface area (Å²) in [6.07, 6.45) is 2.98. The van der Waals surface area contributed by atoms with E-state index in [1.165, 1.54) is 6.07 Å². The molecule has 0 saturated carbocycles. The zero-order chi connectivity index (χ0) is 22.2. The Morgan fingerprint density at radius 1 is 1.32 bits per heavy atom. The van der Waals surface area contributed by atoms with Crippen LogP contribution in [0, 0.1) is 11.7 Å². The van der Waals surface area contributed by atoms with Crippen molar-refractivity contribution in [3.8, 4) is 0 Å². The van der Waals surface area contributed by atoms with Crippen LogP contribution in [0.1, 0.15) is 32.3 Å². The van der Waals surface area contributed by atoms with Crippen LogP contribution in [0.15, 0.2) is 47.6 Å². The predicted molar refractivity (Wildman–Crippen MR) is 123 cm³/mol. The number of benzene rings is 1. The number of pyridine rings is 1. The number of anilines is 2. The van der Waals surface area contributed by atoms with Crippen LogP contribution >= 0.6 is 0 Å². The van der Waals surface area contributed by atoms with Crippen molar-refractivity contribution in [2.24, 2.45) is 10.9 Å². The Morgan fingerprint density at radius 3 is 2.90 bits per heavy atom. The first kappa shape index (κ1) is 22.5. The molecule has 166 valence electrons. The van der Waals surface area contributed by atoms with Crippen LogP contribution in [0.2, 0.25) is 0 Å². The lowest BCUT2D eigenvalue weighted by atomic mass is 10.1. The number of nitrogens with zero attached hydrogens (tertiary/aromatic N) is 3. The molecule has 3 rings (SSSR count). The quantitative estimate of drug-likeness (QED) is 0.468. The standard InChI is InChI=1S/C23H31FN6O/c1-16(2)12-21(31)28-18-7-4-6-17(13-18)14-27-23(25-3)29-19-9-11-30(15-19)22-20(24)8-5-10-26-22/h4-8,10,13,16,19H,9,11-12,14-15H2,1-3H3,(H,28,31)(H2,25,27,29). The van der Waals surface area contributed by atoms with E-state index in [4.69, 9.17) is 0 Å². The molecule has 3 N–H and O–H groups in total. The summed E-state index contributed by atoms with van der Waals surface area (Å²) in [5, 5.41) is 9.65. The number of guanidine groups is 1. The maximum atomic E-state index is 14.0. The number of amides is 1. The second-order valence-corrected chi connectivity index (χ2v) is 8.16. The van der Waals surface area contributed by atoms with Crippen molar-refractivity contribution in [1.82, 2.24) is 15.6 Å². The number of aliphatic imine (C=N–C) groups is 1. The van der Waals surface area contributed by atoms with Crippen molar-refractivity contribution >= 4 is 23.4 Å². The SMILES string of the molecule is CN=C(NCc1cccc(NC(=O)CC(C)C)c1)NC1CCN(c2ncccc2F)C1. The summed E-state index contributed by atoms with van der Waals surface area (Å²) in [7, 11) is 1.73. The van der Waals surface area contributed by atoms with E-state index in [1.807, 2.05) is 43.0 Å². The molecule has 8 heteroatoms. The average molecular weight is 427 g/mol. The number of hydrogen-bond acceptors (Lipinski definition) is 4. The molecule has 31 heavy (non-hydrogen) atoms. The Kier molecular flexibility index (Phi) is 7.81. The third kappa shape index (κ3) is 6.67. The van der Waals surface area contributed by atoms with Crippen molar-refractivity contribution in [2.75, 3.05) is 30.4 Å². The molecule has 1 aliphatic rings. The van der Waals surface area contributed by atoms with Crippen molar-refractivity contribution < 1.29 is 9.18 Å². The van der Waals surface area contributed by atoms with Crippen LogP contribution < -0.4 is 20.9 Å². The van der Waals surface area contributed by atoms with Gasteiger partial charge in [-0.15, -0.1) is 0 Å². The van der Waals surface area contributed by atoms with Gasteiger partial charge in [-0.25, -0.2) is 9.37 Å². The molecule has 1 amide bonds.